The second-order valence-corrected chi connectivity index (χ2v) is 15.2. The average Bonchev–Trinajstić information content (AvgIpc) is 3.37. The van der Waals surface area contributed by atoms with Crippen LogP contribution in [-0.4, -0.2) is 69.7 Å². The Hall–Kier alpha value is -9.94. The van der Waals surface area contributed by atoms with Crippen molar-refractivity contribution in [2.24, 2.45) is 0 Å². The van der Waals surface area contributed by atoms with Crippen LogP contribution in [0.2, 0.25) is 0 Å². The van der Waals surface area contributed by atoms with Crippen molar-refractivity contribution < 1.29 is 63.3 Å². The molecule has 7 aromatic rings. The van der Waals surface area contributed by atoms with E-state index >= 15 is 0 Å². The highest BCUT2D eigenvalue weighted by Crippen LogP contribution is 2.28. The van der Waals surface area contributed by atoms with Crippen molar-refractivity contribution in [1.29, 1.82) is 0 Å². The first kappa shape index (κ1) is 48.0. The van der Waals surface area contributed by atoms with Crippen molar-refractivity contribution in [3.05, 3.63) is 207 Å². The normalized spacial score (nSPS) is 10.5. The number of carboxylic acids is 2. The minimum Gasteiger partial charge on any atom is -0.478 e. The summed E-state index contributed by atoms with van der Waals surface area (Å²) in [5.74, 6) is -5.75. The summed E-state index contributed by atoms with van der Waals surface area (Å²) in [6, 6.07) is 36.5. The number of benzene rings is 7. The number of hydrogen-bond donors (Lipinski definition) is 8. The van der Waals surface area contributed by atoms with Gasteiger partial charge in [0.15, 0.2) is 5.78 Å². The van der Waals surface area contributed by atoms with Crippen LogP contribution in [0, 0.1) is 6.92 Å². The van der Waals surface area contributed by atoms with Crippen LogP contribution in [0.25, 0.3) is 0 Å². The first-order chi connectivity index (χ1) is 33.6. The molecule has 5 amide bonds. The van der Waals surface area contributed by atoms with Crippen molar-refractivity contribution in [3.8, 4) is 23.0 Å². The number of ether oxygens (including phenoxy) is 2. The predicted octanol–water partition coefficient (Wildman–Crippen LogP) is 8.44. The number of hydroxylamine groups is 1. The maximum atomic E-state index is 13.8. The van der Waals surface area contributed by atoms with E-state index in [2.05, 4.69) is 21.3 Å². The van der Waals surface area contributed by atoms with Crippen LogP contribution in [0.5, 0.6) is 23.0 Å². The number of carbonyl (C=O) groups excluding carboxylic acids is 6. The fraction of sp³-hybridized carbons (Fsp3) is 0.0385. The van der Waals surface area contributed by atoms with Crippen molar-refractivity contribution in [2.75, 3.05) is 23.0 Å². The molecule has 0 saturated heterocycles. The molecule has 0 unspecified atom stereocenters. The van der Waals surface area contributed by atoms with E-state index in [0.29, 0.717) is 34.4 Å². The van der Waals surface area contributed by atoms with E-state index < -0.39 is 52.8 Å². The van der Waals surface area contributed by atoms with Gasteiger partial charge >= 0.3 is 11.9 Å². The molecule has 0 aromatic heterocycles. The van der Waals surface area contributed by atoms with Gasteiger partial charge in [-0.05, 0) is 134 Å². The summed E-state index contributed by atoms with van der Waals surface area (Å²) >= 11 is 0. The summed E-state index contributed by atoms with van der Waals surface area (Å²) < 4.78 is 11.7. The van der Waals surface area contributed by atoms with E-state index in [4.69, 9.17) is 9.47 Å². The molecule has 18 heteroatoms. The minimum atomic E-state index is -1.49. The highest BCUT2D eigenvalue weighted by molar-refractivity contribution is 6.17. The van der Waals surface area contributed by atoms with Gasteiger partial charge in [0.1, 0.15) is 23.0 Å². The quantitative estimate of drug-likeness (QED) is 0.0257. The van der Waals surface area contributed by atoms with Gasteiger partial charge in [0.2, 0.25) is 0 Å². The SMILES string of the molecule is CNC(=O)c1ccc(C(=O)O)c(C(=O)Nc2ccc(Oc3ccc(NC(=O)c4cc(C(=O)c5ccc(C(=O)Nc6ccc(Oc7ccc(C)cc7)cc6)c(C(=O)O)c5)ccc4C(=O)NO)cc3)cc2)c1. The second kappa shape index (κ2) is 21.1. The summed E-state index contributed by atoms with van der Waals surface area (Å²) in [5.41, 5.74) is 1.37. The van der Waals surface area contributed by atoms with E-state index in [1.165, 1.54) is 97.5 Å². The third kappa shape index (κ3) is 11.3. The van der Waals surface area contributed by atoms with Crippen LogP contribution in [0.4, 0.5) is 17.1 Å². The van der Waals surface area contributed by atoms with Gasteiger partial charge in [-0.1, -0.05) is 29.8 Å². The fourth-order valence-corrected chi connectivity index (χ4v) is 6.86. The number of ketones is 1. The maximum absolute atomic E-state index is 13.8. The molecule has 70 heavy (non-hydrogen) atoms. The van der Waals surface area contributed by atoms with Gasteiger partial charge in [-0.2, -0.15) is 0 Å². The molecule has 0 aliphatic carbocycles. The molecule has 0 saturated carbocycles. The first-order valence-corrected chi connectivity index (χ1v) is 20.9. The van der Waals surface area contributed by atoms with Crippen LogP contribution >= 0.6 is 0 Å². The number of carbonyl (C=O) groups is 8. The zero-order valence-electron chi connectivity index (χ0n) is 36.9. The van der Waals surface area contributed by atoms with Crippen molar-refractivity contribution >= 4 is 64.3 Å². The van der Waals surface area contributed by atoms with Crippen LogP contribution in [0.1, 0.15) is 94.0 Å². The Morgan fingerprint density at radius 3 is 1.14 bits per heavy atom. The van der Waals surface area contributed by atoms with E-state index in [0.717, 1.165) is 23.8 Å². The first-order valence-electron chi connectivity index (χ1n) is 20.9. The van der Waals surface area contributed by atoms with Crippen LogP contribution < -0.4 is 36.2 Å². The molecule has 18 nitrogen and oxygen atoms in total. The van der Waals surface area contributed by atoms with Gasteiger partial charge in [-0.3, -0.25) is 34.0 Å². The third-order valence-corrected chi connectivity index (χ3v) is 10.4. The van der Waals surface area contributed by atoms with Crippen molar-refractivity contribution in [3.63, 3.8) is 0 Å². The molecule has 0 bridgehead atoms. The standard InChI is InChI=1S/C52H39N5O13/c1-28-3-14-35(15-4-28)69-36-16-8-32(9-17-36)54-47(60)40-23-6-30(26-44(40)52(66)67)45(58)29-5-22-39(50(63)57-68)42(25-29)48(61)55-33-10-18-37(19-11-33)70-38-20-12-34(13-21-38)56-49(62)43-27-31(46(59)53-2)7-24-41(43)51(64)65/h3-27,68H,1-2H3,(H,53,59)(H,54,60)(H,55,61)(H,56,62)(H,57,63)(H,64,65)(H,66,67). The van der Waals surface area contributed by atoms with Gasteiger partial charge in [-0.25, -0.2) is 15.1 Å². The van der Waals surface area contributed by atoms with E-state index in [9.17, 15) is 53.8 Å². The highest BCUT2D eigenvalue weighted by atomic mass is 16.5. The van der Waals surface area contributed by atoms with Crippen molar-refractivity contribution in [1.82, 2.24) is 10.8 Å². The van der Waals surface area contributed by atoms with Gasteiger partial charge < -0.3 is 41.0 Å². The monoisotopic (exact) mass is 941 g/mol. The van der Waals surface area contributed by atoms with E-state index in [-0.39, 0.29) is 50.2 Å². The van der Waals surface area contributed by atoms with E-state index in [1.54, 1.807) is 24.3 Å². The second-order valence-electron chi connectivity index (χ2n) is 15.2. The minimum absolute atomic E-state index is 0.0970. The molecule has 7 aromatic carbocycles. The van der Waals surface area contributed by atoms with Crippen LogP contribution in [0.15, 0.2) is 152 Å². The molecule has 7 rings (SSSR count). The Kier molecular flexibility index (Phi) is 14.5. The molecule has 8 N–H and O–H groups in total. The van der Waals surface area contributed by atoms with Gasteiger partial charge in [0, 0.05) is 40.8 Å². The number of hydrogen-bond acceptors (Lipinski definition) is 11. The lowest BCUT2D eigenvalue weighted by molar-refractivity contribution is 0.0683. The van der Waals surface area contributed by atoms with E-state index in [1.807, 2.05) is 31.2 Å². The molecular weight excluding hydrogens is 903 g/mol. The Morgan fingerprint density at radius 1 is 0.386 bits per heavy atom. The Labute approximate surface area is 397 Å². The molecule has 0 radical (unpaired) electrons. The zero-order valence-corrected chi connectivity index (χ0v) is 36.9. The van der Waals surface area contributed by atoms with Crippen molar-refractivity contribution in [2.45, 2.75) is 6.92 Å². The third-order valence-electron chi connectivity index (χ3n) is 10.4. The Morgan fingerprint density at radius 2 is 0.729 bits per heavy atom. The lowest BCUT2D eigenvalue weighted by atomic mass is 9.94. The number of rotatable bonds is 16. The Bertz CT molecular complexity index is 3210. The molecule has 0 heterocycles. The smallest absolute Gasteiger partial charge is 0.336 e. The number of anilines is 3. The molecule has 0 spiro atoms. The number of aromatic carboxylic acids is 2. The molecule has 0 atom stereocenters. The summed E-state index contributed by atoms with van der Waals surface area (Å²) in [6.45, 7) is 1.95. The molecule has 350 valence electrons. The maximum Gasteiger partial charge on any atom is 0.336 e. The summed E-state index contributed by atoms with van der Waals surface area (Å²) in [6.07, 6.45) is 0. The number of carboxylic acid groups (broad SMARTS) is 2. The van der Waals surface area contributed by atoms with Gasteiger partial charge in [0.05, 0.1) is 33.4 Å². The number of nitrogens with one attached hydrogen (secondary N) is 5. The lowest BCUT2D eigenvalue weighted by Crippen LogP contribution is -2.24. The van der Waals surface area contributed by atoms with Gasteiger partial charge in [0.25, 0.3) is 29.5 Å². The topological polar surface area (TPSA) is 276 Å². The molecular formula is C52H39N5O13. The summed E-state index contributed by atoms with van der Waals surface area (Å²) in [5, 5.41) is 39.3. The molecule has 0 fully saturated rings. The highest BCUT2D eigenvalue weighted by Gasteiger charge is 2.24. The van der Waals surface area contributed by atoms with Crippen LogP contribution in [0.3, 0.4) is 0 Å². The van der Waals surface area contributed by atoms with Gasteiger partial charge in [-0.15, -0.1) is 0 Å². The summed E-state index contributed by atoms with van der Waals surface area (Å²) in [4.78, 5) is 103. The molecule has 0 aliphatic heterocycles. The number of aryl methyl sites for hydroxylation is 1. The zero-order chi connectivity index (χ0) is 50.1. The fourth-order valence-electron chi connectivity index (χ4n) is 6.86. The lowest BCUT2D eigenvalue weighted by Gasteiger charge is -2.13. The molecule has 0 aliphatic rings. The summed E-state index contributed by atoms with van der Waals surface area (Å²) in [7, 11) is 1.40. The average molecular weight is 942 g/mol. The largest absolute Gasteiger partial charge is 0.478 e. The Balaban J connectivity index is 1.01. The number of amides is 5. The van der Waals surface area contributed by atoms with Crippen LogP contribution in [-0.2, 0) is 0 Å². The predicted molar refractivity (Wildman–Crippen MR) is 254 cm³/mol.